The number of carbonyl (C=O) groups is 1. The number of aromatic nitrogens is 1. The molecule has 0 saturated carbocycles. The van der Waals surface area contributed by atoms with E-state index in [9.17, 15) is 10.1 Å². The van der Waals surface area contributed by atoms with Gasteiger partial charge in [0, 0.05) is 37.3 Å². The molecule has 1 amide bonds. The first kappa shape index (κ1) is 16.2. The summed E-state index contributed by atoms with van der Waals surface area (Å²) in [5.74, 6) is 0.0557. The fraction of sp³-hybridized carbons (Fsp3) is 0.389. The average Bonchev–Trinajstić information content (AvgIpc) is 2.63. The topological polar surface area (TPSA) is 81.0 Å². The van der Waals surface area contributed by atoms with Crippen molar-refractivity contribution in [2.45, 2.75) is 18.9 Å². The maximum Gasteiger partial charge on any atom is 0.233 e. The molecule has 6 nitrogen and oxygen atoms in total. The number of carbonyl (C=O) groups excluding carboxylic acids is 1. The summed E-state index contributed by atoms with van der Waals surface area (Å²) in [4.78, 5) is 18.0. The van der Waals surface area contributed by atoms with Crippen LogP contribution in [0.5, 0.6) is 0 Å². The van der Waals surface area contributed by atoms with Gasteiger partial charge in [0.1, 0.15) is 11.8 Å². The second-order valence-corrected chi connectivity index (χ2v) is 6.05. The summed E-state index contributed by atoms with van der Waals surface area (Å²) in [7, 11) is 1.66. The minimum absolute atomic E-state index is 0.0557. The first-order valence-corrected chi connectivity index (χ1v) is 8.19. The molecule has 0 unspecified atom stereocenters. The van der Waals surface area contributed by atoms with Crippen molar-refractivity contribution in [3.8, 4) is 6.07 Å². The maximum atomic E-state index is 11.5. The highest BCUT2D eigenvalue weighted by atomic mass is 16.1. The molecule has 2 heterocycles. The Labute approximate surface area is 141 Å². The number of rotatable bonds is 4. The van der Waals surface area contributed by atoms with Crippen molar-refractivity contribution in [3.05, 3.63) is 36.0 Å². The molecule has 124 valence electrons. The third-order valence-electron chi connectivity index (χ3n) is 4.42. The first-order valence-electron chi connectivity index (χ1n) is 8.19. The zero-order valence-corrected chi connectivity index (χ0v) is 13.7. The van der Waals surface area contributed by atoms with Gasteiger partial charge in [0.2, 0.25) is 5.91 Å². The van der Waals surface area contributed by atoms with Crippen molar-refractivity contribution in [1.82, 2.24) is 15.2 Å². The third-order valence-corrected chi connectivity index (χ3v) is 4.42. The Morgan fingerprint density at radius 2 is 2.12 bits per heavy atom. The van der Waals surface area contributed by atoms with Crippen molar-refractivity contribution in [3.63, 3.8) is 0 Å². The van der Waals surface area contributed by atoms with Crippen LogP contribution >= 0.6 is 0 Å². The first-order chi connectivity index (χ1) is 11.7. The zero-order valence-electron chi connectivity index (χ0n) is 13.7. The summed E-state index contributed by atoms with van der Waals surface area (Å²) in [6.07, 6.45) is 1.94. The van der Waals surface area contributed by atoms with Crippen LogP contribution in [0.3, 0.4) is 0 Å². The van der Waals surface area contributed by atoms with Crippen LogP contribution in [0.15, 0.2) is 30.3 Å². The summed E-state index contributed by atoms with van der Waals surface area (Å²) in [5.41, 5.74) is 2.21. The van der Waals surface area contributed by atoms with Gasteiger partial charge in [-0.15, -0.1) is 0 Å². The van der Waals surface area contributed by atoms with E-state index in [0.717, 1.165) is 42.5 Å². The number of pyridine rings is 1. The maximum absolute atomic E-state index is 11.5. The molecule has 1 saturated heterocycles. The number of hydrogen-bond acceptors (Lipinski definition) is 5. The normalized spacial score (nSPS) is 15.8. The highest BCUT2D eigenvalue weighted by Gasteiger charge is 2.21. The number of benzene rings is 1. The van der Waals surface area contributed by atoms with Crippen LogP contribution in [0.25, 0.3) is 10.9 Å². The van der Waals surface area contributed by atoms with Crippen LogP contribution in [0.1, 0.15) is 18.5 Å². The largest absolute Gasteiger partial charge is 0.382 e. The molecule has 3 rings (SSSR count). The number of nitrogens with one attached hydrogen (secondary N) is 2. The Bertz CT molecular complexity index is 775. The molecule has 0 radical (unpaired) electrons. The monoisotopic (exact) mass is 323 g/mol. The lowest BCUT2D eigenvalue weighted by Crippen LogP contribution is -2.43. The smallest absolute Gasteiger partial charge is 0.233 e. The van der Waals surface area contributed by atoms with Gasteiger partial charge in [-0.05, 0) is 25.0 Å². The SMILES string of the molecule is CNC(=O)CN1CCC(Nc2cc(C#N)nc3ccccc23)CC1. The highest BCUT2D eigenvalue weighted by molar-refractivity contribution is 5.91. The van der Waals surface area contributed by atoms with E-state index in [-0.39, 0.29) is 5.91 Å². The Kier molecular flexibility index (Phi) is 4.92. The second-order valence-electron chi connectivity index (χ2n) is 6.05. The van der Waals surface area contributed by atoms with E-state index in [2.05, 4.69) is 26.6 Å². The predicted octanol–water partition coefficient (Wildman–Crippen LogP) is 1.73. The number of hydrogen-bond donors (Lipinski definition) is 2. The number of anilines is 1. The van der Waals surface area contributed by atoms with Crippen molar-refractivity contribution < 1.29 is 4.79 Å². The number of piperidine rings is 1. The molecular weight excluding hydrogens is 302 g/mol. The number of nitriles is 1. The molecule has 0 aliphatic carbocycles. The highest BCUT2D eigenvalue weighted by Crippen LogP contribution is 2.25. The lowest BCUT2D eigenvalue weighted by molar-refractivity contribution is -0.122. The minimum atomic E-state index is 0.0557. The summed E-state index contributed by atoms with van der Waals surface area (Å²) in [6, 6.07) is 12.1. The van der Waals surface area contributed by atoms with Crippen LogP contribution in [-0.2, 0) is 4.79 Å². The fourth-order valence-corrected chi connectivity index (χ4v) is 3.09. The quantitative estimate of drug-likeness (QED) is 0.895. The van der Waals surface area contributed by atoms with E-state index in [4.69, 9.17) is 0 Å². The molecule has 1 aliphatic heterocycles. The van der Waals surface area contributed by atoms with Crippen LogP contribution in [0, 0.1) is 11.3 Å². The minimum Gasteiger partial charge on any atom is -0.382 e. The van der Waals surface area contributed by atoms with Crippen LogP contribution in [0.2, 0.25) is 0 Å². The van der Waals surface area contributed by atoms with Gasteiger partial charge >= 0.3 is 0 Å². The lowest BCUT2D eigenvalue weighted by atomic mass is 10.0. The number of amides is 1. The Balaban J connectivity index is 1.70. The van der Waals surface area contributed by atoms with E-state index in [1.54, 1.807) is 7.05 Å². The number of fused-ring (bicyclic) bond motifs is 1. The van der Waals surface area contributed by atoms with E-state index in [1.165, 1.54) is 0 Å². The van der Waals surface area contributed by atoms with Crippen molar-refractivity contribution in [1.29, 1.82) is 5.26 Å². The van der Waals surface area contributed by atoms with Gasteiger partial charge in [0.05, 0.1) is 12.1 Å². The summed E-state index contributed by atoms with van der Waals surface area (Å²) >= 11 is 0. The molecule has 24 heavy (non-hydrogen) atoms. The molecule has 2 N–H and O–H groups in total. The standard InChI is InChI=1S/C18H21N5O/c1-20-18(24)12-23-8-6-13(7-9-23)21-17-10-14(11-19)22-16-5-3-2-4-15(16)17/h2-5,10,13H,6-9,12H2,1H3,(H,20,24)(H,21,22). The molecule has 1 aromatic heterocycles. The number of likely N-dealkylation sites (N-methyl/N-ethyl adjacent to an activating group) is 1. The second kappa shape index (κ2) is 7.28. The molecule has 1 aliphatic rings. The Morgan fingerprint density at radius 3 is 2.83 bits per heavy atom. The number of para-hydroxylation sites is 1. The number of nitrogens with zero attached hydrogens (tertiary/aromatic N) is 3. The van der Waals surface area contributed by atoms with Gasteiger partial charge < -0.3 is 10.6 Å². The Hall–Kier alpha value is -2.65. The molecule has 1 fully saturated rings. The number of likely N-dealkylation sites (tertiary alicyclic amines) is 1. The van der Waals surface area contributed by atoms with Crippen LogP contribution in [0.4, 0.5) is 5.69 Å². The fourth-order valence-electron chi connectivity index (χ4n) is 3.09. The van der Waals surface area contributed by atoms with E-state index in [1.807, 2.05) is 30.3 Å². The van der Waals surface area contributed by atoms with Crippen molar-refractivity contribution in [2.75, 3.05) is 32.0 Å². The molecule has 2 aromatic rings. The van der Waals surface area contributed by atoms with Crippen molar-refractivity contribution in [2.24, 2.45) is 0 Å². The van der Waals surface area contributed by atoms with Gasteiger partial charge in [0.15, 0.2) is 0 Å². The zero-order chi connectivity index (χ0) is 16.9. The van der Waals surface area contributed by atoms with Crippen LogP contribution in [-0.4, -0.2) is 48.5 Å². The van der Waals surface area contributed by atoms with E-state index < -0.39 is 0 Å². The predicted molar refractivity (Wildman–Crippen MR) is 93.6 cm³/mol. The molecule has 0 spiro atoms. The molecule has 0 atom stereocenters. The van der Waals surface area contributed by atoms with Crippen molar-refractivity contribution >= 4 is 22.5 Å². The van der Waals surface area contributed by atoms with E-state index >= 15 is 0 Å². The van der Waals surface area contributed by atoms with Crippen LogP contribution < -0.4 is 10.6 Å². The van der Waals surface area contributed by atoms with Gasteiger partial charge in [-0.25, -0.2) is 4.98 Å². The lowest BCUT2D eigenvalue weighted by Gasteiger charge is -2.32. The third kappa shape index (κ3) is 3.63. The average molecular weight is 323 g/mol. The van der Waals surface area contributed by atoms with Gasteiger partial charge in [-0.2, -0.15) is 5.26 Å². The van der Waals surface area contributed by atoms with Gasteiger partial charge in [-0.3, -0.25) is 9.69 Å². The molecule has 0 bridgehead atoms. The summed E-state index contributed by atoms with van der Waals surface area (Å²) in [5, 5.41) is 16.4. The molecular formula is C18H21N5O. The van der Waals surface area contributed by atoms with Gasteiger partial charge in [-0.1, -0.05) is 18.2 Å². The van der Waals surface area contributed by atoms with E-state index in [0.29, 0.717) is 18.3 Å². The Morgan fingerprint density at radius 1 is 1.38 bits per heavy atom. The summed E-state index contributed by atoms with van der Waals surface area (Å²) in [6.45, 7) is 2.23. The van der Waals surface area contributed by atoms with Gasteiger partial charge in [0.25, 0.3) is 0 Å². The molecule has 1 aromatic carbocycles. The summed E-state index contributed by atoms with van der Waals surface area (Å²) < 4.78 is 0. The molecule has 6 heteroatoms.